The third-order valence-corrected chi connectivity index (χ3v) is 2.81. The van der Waals surface area contributed by atoms with E-state index in [2.05, 4.69) is 10.3 Å². The number of nitrogens with two attached hydrogens (primary N) is 1. The molecule has 0 spiro atoms. The molecule has 2 rings (SSSR count). The standard InChI is InChI=1S/C13H14ClN3/c14-10-5-1-2-6-11(10)17-13(9-15)12-7-3-4-8-16-12/h1-8,13,17H,9,15H2. The highest BCUT2D eigenvalue weighted by Gasteiger charge is 2.11. The minimum atomic E-state index is -0.0314. The lowest BCUT2D eigenvalue weighted by Gasteiger charge is -2.18. The van der Waals surface area contributed by atoms with Gasteiger partial charge in [0.2, 0.25) is 0 Å². The number of nitrogens with zero attached hydrogens (tertiary/aromatic N) is 1. The molecule has 0 fully saturated rings. The highest BCUT2D eigenvalue weighted by molar-refractivity contribution is 6.33. The van der Waals surface area contributed by atoms with Gasteiger partial charge in [0.25, 0.3) is 0 Å². The lowest BCUT2D eigenvalue weighted by Crippen LogP contribution is -2.21. The van der Waals surface area contributed by atoms with Crippen molar-refractivity contribution in [2.75, 3.05) is 11.9 Å². The SMILES string of the molecule is NCC(Nc1ccccc1Cl)c1ccccn1. The van der Waals surface area contributed by atoms with Gasteiger partial charge in [-0.05, 0) is 24.3 Å². The highest BCUT2D eigenvalue weighted by Crippen LogP contribution is 2.24. The number of aromatic nitrogens is 1. The number of hydrogen-bond donors (Lipinski definition) is 2. The van der Waals surface area contributed by atoms with Gasteiger partial charge in [-0.15, -0.1) is 0 Å². The van der Waals surface area contributed by atoms with Gasteiger partial charge in [-0.2, -0.15) is 0 Å². The van der Waals surface area contributed by atoms with Gasteiger partial charge in [-0.3, -0.25) is 4.98 Å². The summed E-state index contributed by atoms with van der Waals surface area (Å²) < 4.78 is 0. The van der Waals surface area contributed by atoms with Crippen molar-refractivity contribution in [3.63, 3.8) is 0 Å². The van der Waals surface area contributed by atoms with E-state index >= 15 is 0 Å². The molecule has 1 aromatic carbocycles. The van der Waals surface area contributed by atoms with Crippen LogP contribution in [-0.2, 0) is 0 Å². The van der Waals surface area contributed by atoms with Crippen LogP contribution in [0.5, 0.6) is 0 Å². The van der Waals surface area contributed by atoms with Crippen molar-refractivity contribution in [1.29, 1.82) is 0 Å². The Hall–Kier alpha value is -1.58. The molecule has 3 nitrogen and oxygen atoms in total. The first-order chi connectivity index (χ1) is 8.31. The molecule has 1 atom stereocenters. The molecule has 0 saturated heterocycles. The van der Waals surface area contributed by atoms with Gasteiger partial charge in [0.15, 0.2) is 0 Å². The molecule has 1 aromatic heterocycles. The molecule has 0 saturated carbocycles. The Morgan fingerprint density at radius 1 is 1.18 bits per heavy atom. The average Bonchev–Trinajstić information content (AvgIpc) is 2.39. The van der Waals surface area contributed by atoms with Crippen molar-refractivity contribution < 1.29 is 0 Å². The highest BCUT2D eigenvalue weighted by atomic mass is 35.5. The predicted octanol–water partition coefficient (Wildman–Crippen LogP) is 2.85. The van der Waals surface area contributed by atoms with Crippen molar-refractivity contribution in [3.05, 3.63) is 59.4 Å². The molecule has 0 aliphatic rings. The normalized spacial score (nSPS) is 12.1. The van der Waals surface area contributed by atoms with Crippen molar-refractivity contribution in [3.8, 4) is 0 Å². The number of hydrogen-bond acceptors (Lipinski definition) is 3. The van der Waals surface area contributed by atoms with Crippen LogP contribution in [0.3, 0.4) is 0 Å². The first-order valence-corrected chi connectivity index (χ1v) is 5.81. The Labute approximate surface area is 106 Å². The summed E-state index contributed by atoms with van der Waals surface area (Å²) in [6.07, 6.45) is 1.76. The molecule has 3 N–H and O–H groups in total. The topological polar surface area (TPSA) is 50.9 Å². The van der Waals surface area contributed by atoms with E-state index in [1.165, 1.54) is 0 Å². The molecule has 4 heteroatoms. The van der Waals surface area contributed by atoms with Gasteiger partial charge >= 0.3 is 0 Å². The van der Waals surface area contributed by atoms with E-state index in [4.69, 9.17) is 17.3 Å². The number of para-hydroxylation sites is 1. The molecule has 0 aliphatic carbocycles. The molecule has 0 bridgehead atoms. The summed E-state index contributed by atoms with van der Waals surface area (Å²) in [5.41, 5.74) is 7.54. The van der Waals surface area contributed by atoms with Crippen LogP contribution in [0.2, 0.25) is 5.02 Å². The summed E-state index contributed by atoms with van der Waals surface area (Å²) in [6.45, 7) is 0.461. The van der Waals surface area contributed by atoms with Crippen molar-refractivity contribution in [2.24, 2.45) is 5.73 Å². The first-order valence-electron chi connectivity index (χ1n) is 5.43. The van der Waals surface area contributed by atoms with Crippen LogP contribution in [0.15, 0.2) is 48.7 Å². The fraction of sp³-hybridized carbons (Fsp3) is 0.154. The lowest BCUT2D eigenvalue weighted by atomic mass is 10.1. The number of rotatable bonds is 4. The number of pyridine rings is 1. The molecule has 17 heavy (non-hydrogen) atoms. The zero-order valence-corrected chi connectivity index (χ0v) is 10.1. The summed E-state index contributed by atoms with van der Waals surface area (Å²) in [6, 6.07) is 13.3. The van der Waals surface area contributed by atoms with Gasteiger partial charge < -0.3 is 11.1 Å². The van der Waals surface area contributed by atoms with E-state index in [9.17, 15) is 0 Å². The lowest BCUT2D eigenvalue weighted by molar-refractivity contribution is 0.760. The minimum absolute atomic E-state index is 0.0314. The van der Waals surface area contributed by atoms with Crippen molar-refractivity contribution in [1.82, 2.24) is 4.98 Å². The summed E-state index contributed by atoms with van der Waals surface area (Å²) >= 11 is 6.09. The van der Waals surface area contributed by atoms with Crippen molar-refractivity contribution >= 4 is 17.3 Å². The third kappa shape index (κ3) is 2.96. The van der Waals surface area contributed by atoms with Crippen LogP contribution in [0.25, 0.3) is 0 Å². The second kappa shape index (κ2) is 5.66. The third-order valence-electron chi connectivity index (χ3n) is 2.48. The first kappa shape index (κ1) is 11.9. The zero-order chi connectivity index (χ0) is 12.1. The van der Waals surface area contributed by atoms with E-state index in [1.807, 2.05) is 42.5 Å². The van der Waals surface area contributed by atoms with Gasteiger partial charge in [-0.1, -0.05) is 29.8 Å². The van der Waals surface area contributed by atoms with E-state index in [0.717, 1.165) is 11.4 Å². The maximum Gasteiger partial charge on any atom is 0.0808 e. The molecule has 1 heterocycles. The molecule has 0 aliphatic heterocycles. The molecule has 1 unspecified atom stereocenters. The van der Waals surface area contributed by atoms with E-state index in [1.54, 1.807) is 6.20 Å². The largest absolute Gasteiger partial charge is 0.374 e. The molecule has 88 valence electrons. The fourth-order valence-corrected chi connectivity index (χ4v) is 1.79. The monoisotopic (exact) mass is 247 g/mol. The van der Waals surface area contributed by atoms with Gasteiger partial charge in [0.1, 0.15) is 0 Å². The summed E-state index contributed by atoms with van der Waals surface area (Å²) in [5.74, 6) is 0. The maximum atomic E-state index is 6.09. The molecular formula is C13H14ClN3. The van der Waals surface area contributed by atoms with E-state index in [0.29, 0.717) is 11.6 Å². The van der Waals surface area contributed by atoms with E-state index in [-0.39, 0.29) is 6.04 Å². The van der Waals surface area contributed by atoms with Crippen LogP contribution >= 0.6 is 11.6 Å². The van der Waals surface area contributed by atoms with E-state index < -0.39 is 0 Å². The second-order valence-corrected chi connectivity index (χ2v) is 4.07. The van der Waals surface area contributed by atoms with Crippen LogP contribution in [0.4, 0.5) is 5.69 Å². The molecular weight excluding hydrogens is 234 g/mol. The van der Waals surface area contributed by atoms with Crippen LogP contribution in [0.1, 0.15) is 11.7 Å². The summed E-state index contributed by atoms with van der Waals surface area (Å²) in [7, 11) is 0. The molecule has 0 amide bonds. The average molecular weight is 248 g/mol. The Morgan fingerprint density at radius 2 is 1.94 bits per heavy atom. The number of anilines is 1. The number of nitrogens with one attached hydrogen (secondary N) is 1. The van der Waals surface area contributed by atoms with Gasteiger partial charge in [0, 0.05) is 12.7 Å². The van der Waals surface area contributed by atoms with Crippen molar-refractivity contribution in [2.45, 2.75) is 6.04 Å². The van der Waals surface area contributed by atoms with Gasteiger partial charge in [0.05, 0.1) is 22.4 Å². The molecule has 0 radical (unpaired) electrons. The minimum Gasteiger partial charge on any atom is -0.374 e. The van der Waals surface area contributed by atoms with Crippen LogP contribution < -0.4 is 11.1 Å². The second-order valence-electron chi connectivity index (χ2n) is 3.67. The smallest absolute Gasteiger partial charge is 0.0808 e. The quantitative estimate of drug-likeness (QED) is 0.874. The van der Waals surface area contributed by atoms with Crippen LogP contribution in [-0.4, -0.2) is 11.5 Å². The number of halogens is 1. The Bertz CT molecular complexity index is 473. The Kier molecular flexibility index (Phi) is 3.96. The maximum absolute atomic E-state index is 6.09. The number of benzene rings is 1. The molecule has 2 aromatic rings. The van der Waals surface area contributed by atoms with Gasteiger partial charge in [-0.25, -0.2) is 0 Å². The Morgan fingerprint density at radius 3 is 2.59 bits per heavy atom. The summed E-state index contributed by atoms with van der Waals surface area (Å²) in [5, 5.41) is 3.98. The zero-order valence-electron chi connectivity index (χ0n) is 9.31. The van der Waals surface area contributed by atoms with Crippen LogP contribution in [0, 0.1) is 0 Å². The fourth-order valence-electron chi connectivity index (χ4n) is 1.60. The Balaban J connectivity index is 2.19. The summed E-state index contributed by atoms with van der Waals surface area (Å²) in [4.78, 5) is 4.29. The predicted molar refractivity (Wildman–Crippen MR) is 71.1 cm³/mol.